The molecule has 1 aliphatic rings. The van der Waals surface area contributed by atoms with Gasteiger partial charge in [-0.15, -0.1) is 0 Å². The Kier molecular flexibility index (Phi) is 5.53. The Labute approximate surface area is 172 Å². The van der Waals surface area contributed by atoms with E-state index in [-0.39, 0.29) is 0 Å². The van der Waals surface area contributed by atoms with Crippen molar-refractivity contribution in [1.82, 2.24) is 14.9 Å². The van der Waals surface area contributed by atoms with Gasteiger partial charge in [-0.1, -0.05) is 18.2 Å². The van der Waals surface area contributed by atoms with E-state index in [9.17, 15) is 0 Å². The van der Waals surface area contributed by atoms with Crippen LogP contribution in [-0.4, -0.2) is 56.3 Å². The number of rotatable bonds is 7. The molecule has 1 aromatic heterocycles. The molecular weight excluding hydrogens is 364 g/mol. The van der Waals surface area contributed by atoms with E-state index in [1.54, 1.807) is 20.5 Å². The Morgan fingerprint density at radius 3 is 2.59 bits per heavy atom. The highest BCUT2D eigenvalue weighted by molar-refractivity contribution is 5.94. The molecule has 0 bridgehead atoms. The third-order valence-corrected chi connectivity index (χ3v) is 5.60. The zero-order valence-corrected chi connectivity index (χ0v) is 17.6. The van der Waals surface area contributed by atoms with Gasteiger partial charge in [0.1, 0.15) is 12.1 Å². The minimum absolute atomic E-state index is 0.497. The van der Waals surface area contributed by atoms with Crippen molar-refractivity contribution < 1.29 is 9.47 Å². The Hall–Kier alpha value is -2.86. The molecule has 0 saturated carbocycles. The van der Waals surface area contributed by atoms with Crippen molar-refractivity contribution in [1.29, 1.82) is 0 Å². The van der Waals surface area contributed by atoms with Crippen molar-refractivity contribution >= 4 is 22.4 Å². The van der Waals surface area contributed by atoms with E-state index in [0.29, 0.717) is 17.4 Å². The Morgan fingerprint density at radius 1 is 1.07 bits per heavy atom. The fourth-order valence-electron chi connectivity index (χ4n) is 4.18. The predicted molar refractivity (Wildman–Crippen MR) is 117 cm³/mol. The maximum absolute atomic E-state index is 5.52. The van der Waals surface area contributed by atoms with E-state index in [1.807, 2.05) is 12.1 Å². The van der Waals surface area contributed by atoms with Gasteiger partial charge in [0.15, 0.2) is 11.5 Å². The molecule has 4 rings (SSSR count). The van der Waals surface area contributed by atoms with Crippen molar-refractivity contribution in [3.63, 3.8) is 0 Å². The molecule has 0 fully saturated rings. The zero-order valence-electron chi connectivity index (χ0n) is 17.6. The molecular formula is C23H28N4O2. The lowest BCUT2D eigenvalue weighted by Gasteiger charge is -2.21. The summed E-state index contributed by atoms with van der Waals surface area (Å²) in [5, 5.41) is 0.967. The molecule has 1 unspecified atom stereocenters. The van der Waals surface area contributed by atoms with E-state index in [2.05, 4.69) is 58.1 Å². The standard InChI is InChI=1S/C23H28N4O2/c1-26(2)11-7-8-16-14-27(20-10-6-5-9-17(16)20)23-18-12-21(28-3)22(29-4)13-19(18)24-15-25-23/h5-6,9-10,12-13,15-16H,7-8,11,14H2,1-4H3. The van der Waals surface area contributed by atoms with Crippen LogP contribution in [0.2, 0.25) is 0 Å². The average Bonchev–Trinajstić information content (AvgIpc) is 3.10. The van der Waals surface area contributed by atoms with Gasteiger partial charge in [0.25, 0.3) is 0 Å². The second kappa shape index (κ2) is 8.25. The topological polar surface area (TPSA) is 50.7 Å². The molecule has 0 amide bonds. The summed E-state index contributed by atoms with van der Waals surface area (Å²) in [5.74, 6) is 2.77. The van der Waals surface area contributed by atoms with Crippen LogP contribution in [0.4, 0.5) is 11.5 Å². The van der Waals surface area contributed by atoms with Crippen molar-refractivity contribution in [3.05, 3.63) is 48.3 Å². The molecule has 3 aromatic rings. The third-order valence-electron chi connectivity index (χ3n) is 5.60. The fraction of sp³-hybridized carbons (Fsp3) is 0.391. The van der Waals surface area contributed by atoms with Crippen molar-refractivity contribution in [2.45, 2.75) is 18.8 Å². The predicted octanol–water partition coefficient (Wildman–Crippen LogP) is 4.22. The van der Waals surface area contributed by atoms with Crippen molar-refractivity contribution in [2.24, 2.45) is 0 Å². The number of para-hydroxylation sites is 1. The molecule has 0 radical (unpaired) electrons. The van der Waals surface area contributed by atoms with E-state index in [4.69, 9.17) is 9.47 Å². The van der Waals surface area contributed by atoms with E-state index in [0.717, 1.165) is 36.2 Å². The number of anilines is 2. The number of benzene rings is 2. The maximum Gasteiger partial charge on any atom is 0.162 e. The number of hydrogen-bond donors (Lipinski definition) is 0. The third kappa shape index (κ3) is 3.72. The summed E-state index contributed by atoms with van der Waals surface area (Å²) in [7, 11) is 7.55. The first-order valence-corrected chi connectivity index (χ1v) is 10.00. The van der Waals surface area contributed by atoms with Gasteiger partial charge in [0.05, 0.1) is 19.7 Å². The van der Waals surface area contributed by atoms with Crippen LogP contribution in [0.5, 0.6) is 11.5 Å². The molecule has 6 nitrogen and oxygen atoms in total. The Balaban J connectivity index is 1.74. The number of fused-ring (bicyclic) bond motifs is 2. The van der Waals surface area contributed by atoms with Crippen LogP contribution in [0.3, 0.4) is 0 Å². The summed E-state index contributed by atoms with van der Waals surface area (Å²) in [4.78, 5) is 13.7. The first kappa shape index (κ1) is 19.5. The van der Waals surface area contributed by atoms with Crippen LogP contribution in [0.25, 0.3) is 10.9 Å². The molecule has 2 aromatic carbocycles. The van der Waals surface area contributed by atoms with Gasteiger partial charge >= 0.3 is 0 Å². The Bertz CT molecular complexity index is 1010. The minimum Gasteiger partial charge on any atom is -0.493 e. The van der Waals surface area contributed by atoms with Crippen LogP contribution in [0.15, 0.2) is 42.7 Å². The van der Waals surface area contributed by atoms with Crippen LogP contribution < -0.4 is 14.4 Å². The maximum atomic E-state index is 5.52. The molecule has 0 saturated heterocycles. The van der Waals surface area contributed by atoms with Crippen LogP contribution in [0.1, 0.15) is 24.3 Å². The molecule has 2 heterocycles. The van der Waals surface area contributed by atoms with Gasteiger partial charge in [-0.05, 0) is 51.2 Å². The summed E-state index contributed by atoms with van der Waals surface area (Å²) in [5.41, 5.74) is 3.48. The molecule has 0 spiro atoms. The van der Waals surface area contributed by atoms with Crippen molar-refractivity contribution in [3.8, 4) is 11.5 Å². The van der Waals surface area contributed by atoms with Gasteiger partial charge in [0, 0.05) is 29.6 Å². The molecule has 29 heavy (non-hydrogen) atoms. The highest BCUT2D eigenvalue weighted by atomic mass is 16.5. The van der Waals surface area contributed by atoms with E-state index < -0.39 is 0 Å². The lowest BCUT2D eigenvalue weighted by Crippen LogP contribution is -2.19. The largest absolute Gasteiger partial charge is 0.493 e. The normalized spacial score (nSPS) is 15.8. The number of aromatic nitrogens is 2. The highest BCUT2D eigenvalue weighted by Gasteiger charge is 2.30. The lowest BCUT2D eigenvalue weighted by atomic mass is 9.96. The molecule has 1 atom stereocenters. The monoisotopic (exact) mass is 392 g/mol. The van der Waals surface area contributed by atoms with Crippen molar-refractivity contribution in [2.75, 3.05) is 46.3 Å². The Morgan fingerprint density at radius 2 is 1.83 bits per heavy atom. The van der Waals surface area contributed by atoms with Crippen LogP contribution in [-0.2, 0) is 0 Å². The highest BCUT2D eigenvalue weighted by Crippen LogP contribution is 2.44. The number of methoxy groups -OCH3 is 2. The average molecular weight is 393 g/mol. The smallest absolute Gasteiger partial charge is 0.162 e. The summed E-state index contributed by atoms with van der Waals surface area (Å²) in [6.45, 7) is 2.03. The SMILES string of the molecule is COc1cc2ncnc(N3CC(CCCN(C)C)c4ccccc43)c2cc1OC. The molecule has 6 heteroatoms. The van der Waals surface area contributed by atoms with E-state index >= 15 is 0 Å². The fourth-order valence-corrected chi connectivity index (χ4v) is 4.18. The van der Waals surface area contributed by atoms with E-state index in [1.165, 1.54) is 17.7 Å². The summed E-state index contributed by atoms with van der Waals surface area (Å²) in [6.07, 6.45) is 3.97. The number of nitrogens with zero attached hydrogens (tertiary/aromatic N) is 4. The van der Waals surface area contributed by atoms with Gasteiger partial charge in [-0.2, -0.15) is 0 Å². The number of ether oxygens (including phenoxy) is 2. The first-order valence-electron chi connectivity index (χ1n) is 10.00. The van der Waals surface area contributed by atoms with Crippen LogP contribution >= 0.6 is 0 Å². The quantitative estimate of drug-likeness (QED) is 0.600. The summed E-state index contributed by atoms with van der Waals surface area (Å²) in [6, 6.07) is 12.6. The number of hydrogen-bond acceptors (Lipinski definition) is 6. The zero-order chi connectivity index (χ0) is 20.4. The molecule has 152 valence electrons. The second-order valence-corrected chi connectivity index (χ2v) is 7.73. The van der Waals surface area contributed by atoms with Gasteiger partial charge < -0.3 is 19.3 Å². The summed E-state index contributed by atoms with van der Waals surface area (Å²) < 4.78 is 11.0. The first-order chi connectivity index (χ1) is 14.1. The van der Waals surface area contributed by atoms with Gasteiger partial charge in [-0.25, -0.2) is 9.97 Å². The molecule has 0 aliphatic carbocycles. The van der Waals surface area contributed by atoms with Gasteiger partial charge in [-0.3, -0.25) is 0 Å². The van der Waals surface area contributed by atoms with Gasteiger partial charge in [0.2, 0.25) is 0 Å². The molecule has 1 aliphatic heterocycles. The molecule has 0 N–H and O–H groups in total. The second-order valence-electron chi connectivity index (χ2n) is 7.73. The summed E-state index contributed by atoms with van der Waals surface area (Å²) >= 11 is 0. The lowest BCUT2D eigenvalue weighted by molar-refractivity contribution is 0.356. The minimum atomic E-state index is 0.497. The van der Waals surface area contributed by atoms with Crippen LogP contribution in [0, 0.1) is 0 Å².